The van der Waals surface area contributed by atoms with Crippen molar-refractivity contribution in [1.29, 1.82) is 0 Å². The Kier molecular flexibility index (Phi) is 4.81. The Bertz CT molecular complexity index is 745. The van der Waals surface area contributed by atoms with Gasteiger partial charge in [0.15, 0.2) is 0 Å². The molecule has 0 saturated heterocycles. The third-order valence-electron chi connectivity index (χ3n) is 3.14. The molecule has 0 radical (unpaired) electrons. The second-order valence-electron chi connectivity index (χ2n) is 4.81. The fourth-order valence-corrected chi connectivity index (χ4v) is 3.35. The standard InChI is InChI=1S/C15H15BrFNO2S/c1-11-3-7-14(8-4-11)21(19,20)18(2)10-12-5-6-13(16)9-15(12)17/h3-9H,10H2,1-2H3. The number of hydrogen-bond donors (Lipinski definition) is 0. The van der Waals surface area contributed by atoms with Crippen molar-refractivity contribution in [2.24, 2.45) is 0 Å². The van der Waals surface area contributed by atoms with Crippen LogP contribution in [-0.2, 0) is 16.6 Å². The summed E-state index contributed by atoms with van der Waals surface area (Å²) in [5.41, 5.74) is 1.31. The average Bonchev–Trinajstić information content (AvgIpc) is 2.42. The van der Waals surface area contributed by atoms with E-state index in [1.807, 2.05) is 6.92 Å². The molecule has 0 aliphatic rings. The fourth-order valence-electron chi connectivity index (χ4n) is 1.86. The quantitative estimate of drug-likeness (QED) is 0.821. The number of halogens is 2. The van der Waals surface area contributed by atoms with Crippen LogP contribution in [0.4, 0.5) is 4.39 Å². The first-order valence-electron chi connectivity index (χ1n) is 6.27. The van der Waals surface area contributed by atoms with E-state index in [0.717, 1.165) is 9.87 Å². The van der Waals surface area contributed by atoms with Gasteiger partial charge in [-0.3, -0.25) is 0 Å². The maximum absolute atomic E-state index is 13.8. The summed E-state index contributed by atoms with van der Waals surface area (Å²) in [5.74, 6) is -0.435. The molecular weight excluding hydrogens is 357 g/mol. The Morgan fingerprint density at radius 2 is 1.76 bits per heavy atom. The van der Waals surface area contributed by atoms with Gasteiger partial charge in [-0.1, -0.05) is 39.7 Å². The van der Waals surface area contributed by atoms with E-state index in [9.17, 15) is 12.8 Å². The van der Waals surface area contributed by atoms with Crippen LogP contribution in [0.3, 0.4) is 0 Å². The van der Waals surface area contributed by atoms with E-state index in [1.165, 1.54) is 13.1 Å². The van der Waals surface area contributed by atoms with Gasteiger partial charge in [-0.15, -0.1) is 0 Å². The number of benzene rings is 2. The molecule has 0 fully saturated rings. The van der Waals surface area contributed by atoms with E-state index in [2.05, 4.69) is 15.9 Å². The smallest absolute Gasteiger partial charge is 0.207 e. The lowest BCUT2D eigenvalue weighted by Gasteiger charge is -2.18. The molecule has 3 nitrogen and oxygen atoms in total. The van der Waals surface area contributed by atoms with Crippen LogP contribution in [-0.4, -0.2) is 19.8 Å². The monoisotopic (exact) mass is 371 g/mol. The predicted molar refractivity (Wildman–Crippen MR) is 83.9 cm³/mol. The zero-order chi connectivity index (χ0) is 15.6. The zero-order valence-corrected chi connectivity index (χ0v) is 14.1. The van der Waals surface area contributed by atoms with Gasteiger partial charge in [0.05, 0.1) is 4.90 Å². The molecule has 6 heteroatoms. The molecular formula is C15H15BrFNO2S. The van der Waals surface area contributed by atoms with E-state index in [1.54, 1.807) is 36.4 Å². The van der Waals surface area contributed by atoms with Gasteiger partial charge >= 0.3 is 0 Å². The van der Waals surface area contributed by atoms with Crippen LogP contribution >= 0.6 is 15.9 Å². The van der Waals surface area contributed by atoms with E-state index in [4.69, 9.17) is 0 Å². The molecule has 0 aliphatic heterocycles. The summed E-state index contributed by atoms with van der Waals surface area (Å²) in [6, 6.07) is 11.2. The Morgan fingerprint density at radius 3 is 2.33 bits per heavy atom. The minimum Gasteiger partial charge on any atom is -0.207 e. The van der Waals surface area contributed by atoms with E-state index in [0.29, 0.717) is 10.0 Å². The van der Waals surface area contributed by atoms with Crippen molar-refractivity contribution in [2.45, 2.75) is 18.4 Å². The highest BCUT2D eigenvalue weighted by molar-refractivity contribution is 9.10. The zero-order valence-electron chi connectivity index (χ0n) is 11.7. The Morgan fingerprint density at radius 1 is 1.14 bits per heavy atom. The topological polar surface area (TPSA) is 37.4 Å². The van der Waals surface area contributed by atoms with Gasteiger partial charge < -0.3 is 0 Å². The molecule has 112 valence electrons. The first-order chi connectivity index (χ1) is 9.80. The number of sulfonamides is 1. The highest BCUT2D eigenvalue weighted by Crippen LogP contribution is 2.20. The molecule has 2 aromatic rings. The summed E-state index contributed by atoms with van der Waals surface area (Å²) >= 11 is 3.17. The van der Waals surface area contributed by atoms with Crippen molar-refractivity contribution in [1.82, 2.24) is 4.31 Å². The third kappa shape index (κ3) is 3.70. The first kappa shape index (κ1) is 16.1. The third-order valence-corrected chi connectivity index (χ3v) is 5.45. The fraction of sp³-hybridized carbons (Fsp3) is 0.200. The molecule has 0 amide bonds. The van der Waals surface area contributed by atoms with Gasteiger partial charge in [0, 0.05) is 23.6 Å². The molecule has 0 bridgehead atoms. The minimum absolute atomic E-state index is 0.0185. The van der Waals surface area contributed by atoms with Crippen LogP contribution in [0.25, 0.3) is 0 Å². The van der Waals surface area contributed by atoms with Crippen LogP contribution in [0.1, 0.15) is 11.1 Å². The van der Waals surface area contributed by atoms with Crippen LogP contribution < -0.4 is 0 Å². The highest BCUT2D eigenvalue weighted by atomic mass is 79.9. The molecule has 0 unspecified atom stereocenters. The molecule has 2 rings (SSSR count). The van der Waals surface area contributed by atoms with Gasteiger partial charge in [0.1, 0.15) is 5.82 Å². The van der Waals surface area contributed by atoms with Gasteiger partial charge in [-0.25, -0.2) is 12.8 Å². The van der Waals surface area contributed by atoms with Crippen LogP contribution in [0.5, 0.6) is 0 Å². The Labute approximate surface area is 132 Å². The SMILES string of the molecule is Cc1ccc(S(=O)(=O)N(C)Cc2ccc(Br)cc2F)cc1. The van der Waals surface area contributed by atoms with Crippen molar-refractivity contribution in [2.75, 3.05) is 7.05 Å². The minimum atomic E-state index is -3.63. The number of hydrogen-bond acceptors (Lipinski definition) is 2. The summed E-state index contributed by atoms with van der Waals surface area (Å²) in [5, 5.41) is 0. The van der Waals surface area contributed by atoms with Crippen LogP contribution in [0.15, 0.2) is 51.8 Å². The molecule has 21 heavy (non-hydrogen) atoms. The van der Waals surface area contributed by atoms with Crippen molar-refractivity contribution < 1.29 is 12.8 Å². The largest absolute Gasteiger partial charge is 0.243 e. The molecule has 0 N–H and O–H groups in total. The first-order valence-corrected chi connectivity index (χ1v) is 8.51. The Hall–Kier alpha value is -1.24. The lowest BCUT2D eigenvalue weighted by molar-refractivity contribution is 0.456. The van der Waals surface area contributed by atoms with Gasteiger partial charge in [-0.05, 0) is 31.2 Å². The van der Waals surface area contributed by atoms with Crippen LogP contribution in [0, 0.1) is 12.7 Å². The normalized spacial score (nSPS) is 11.9. The van der Waals surface area contributed by atoms with E-state index < -0.39 is 15.8 Å². The second-order valence-corrected chi connectivity index (χ2v) is 7.77. The van der Waals surface area contributed by atoms with Gasteiger partial charge in [-0.2, -0.15) is 4.31 Å². The summed E-state index contributed by atoms with van der Waals surface area (Å²) < 4.78 is 40.4. The molecule has 0 aromatic heterocycles. The van der Waals surface area contributed by atoms with E-state index in [-0.39, 0.29) is 11.4 Å². The molecule has 0 heterocycles. The maximum atomic E-state index is 13.8. The van der Waals surface area contributed by atoms with Crippen molar-refractivity contribution in [3.63, 3.8) is 0 Å². The van der Waals surface area contributed by atoms with Crippen molar-refractivity contribution >= 4 is 26.0 Å². The van der Waals surface area contributed by atoms with Gasteiger partial charge in [0.25, 0.3) is 0 Å². The summed E-state index contributed by atoms with van der Waals surface area (Å²) in [4.78, 5) is 0.202. The van der Waals surface area contributed by atoms with Crippen molar-refractivity contribution in [3.05, 3.63) is 63.9 Å². The number of rotatable bonds is 4. The molecule has 0 saturated carbocycles. The second kappa shape index (κ2) is 6.25. The molecule has 0 aliphatic carbocycles. The summed E-state index contributed by atoms with van der Waals surface area (Å²) in [7, 11) is -2.18. The average molecular weight is 372 g/mol. The van der Waals surface area contributed by atoms with Gasteiger partial charge in [0.2, 0.25) is 10.0 Å². The van der Waals surface area contributed by atoms with Crippen LogP contribution in [0.2, 0.25) is 0 Å². The lowest BCUT2D eigenvalue weighted by atomic mass is 10.2. The maximum Gasteiger partial charge on any atom is 0.243 e. The molecule has 2 aromatic carbocycles. The van der Waals surface area contributed by atoms with E-state index >= 15 is 0 Å². The summed E-state index contributed by atoms with van der Waals surface area (Å²) in [6.07, 6.45) is 0. The lowest BCUT2D eigenvalue weighted by Crippen LogP contribution is -2.26. The summed E-state index contributed by atoms with van der Waals surface area (Å²) in [6.45, 7) is 1.87. The molecule has 0 spiro atoms. The van der Waals surface area contributed by atoms with Crippen molar-refractivity contribution in [3.8, 4) is 0 Å². The molecule has 0 atom stereocenters. The Balaban J connectivity index is 2.26. The predicted octanol–water partition coefficient (Wildman–Crippen LogP) is 3.72. The number of aryl methyl sites for hydroxylation is 1. The number of nitrogens with zero attached hydrogens (tertiary/aromatic N) is 1. The highest BCUT2D eigenvalue weighted by Gasteiger charge is 2.21.